The Balaban J connectivity index is 2.36. The Morgan fingerprint density at radius 1 is 1.54 bits per heavy atom. The molecule has 0 aliphatic carbocycles. The first-order chi connectivity index (χ1) is 6.15. The minimum atomic E-state index is 0.135. The van der Waals surface area contributed by atoms with Crippen molar-refractivity contribution in [1.82, 2.24) is 5.32 Å². The monoisotopic (exact) mass is 197 g/mol. The quantitative estimate of drug-likeness (QED) is 0.737. The topological polar surface area (TPSA) is 31.2 Å². The van der Waals surface area contributed by atoms with Crippen molar-refractivity contribution in [3.63, 3.8) is 0 Å². The molecule has 0 radical (unpaired) electrons. The van der Waals surface area contributed by atoms with Crippen molar-refractivity contribution in [2.75, 3.05) is 13.7 Å². The summed E-state index contributed by atoms with van der Waals surface area (Å²) in [7, 11) is 1.62. The second kappa shape index (κ2) is 2.89. The molecule has 1 unspecified atom stereocenters. The van der Waals surface area contributed by atoms with Gasteiger partial charge in [-0.2, -0.15) is 0 Å². The maximum absolute atomic E-state index is 6.01. The number of ether oxygens (including phenoxy) is 1. The van der Waals surface area contributed by atoms with E-state index < -0.39 is 0 Å². The third-order valence-corrected chi connectivity index (χ3v) is 2.79. The molecule has 0 amide bonds. The Kier molecular flexibility index (Phi) is 1.97. The molecule has 0 aromatic heterocycles. The average Bonchev–Trinajstić information content (AvgIpc) is 2.85. The third-order valence-electron chi connectivity index (χ3n) is 2.50. The molecule has 2 nitrogen and oxygen atoms in total. The fourth-order valence-corrected chi connectivity index (χ4v) is 1.60. The predicted molar refractivity (Wildman–Crippen MR) is 53.4 cm³/mol. The molecule has 0 saturated carbocycles. The lowest BCUT2D eigenvalue weighted by Gasteiger charge is -2.09. The Labute approximate surface area is 82.9 Å². The van der Waals surface area contributed by atoms with E-state index >= 15 is 0 Å². The van der Waals surface area contributed by atoms with Crippen molar-refractivity contribution in [2.45, 2.75) is 12.5 Å². The SMILES string of the molecule is COc1ccc(C2(C)CN2)cc1Cl. The molecule has 1 fully saturated rings. The van der Waals surface area contributed by atoms with Gasteiger partial charge in [0, 0.05) is 6.54 Å². The normalized spacial score (nSPS) is 25.8. The van der Waals surface area contributed by atoms with Crippen molar-refractivity contribution < 1.29 is 4.74 Å². The molecule has 0 spiro atoms. The zero-order chi connectivity index (χ0) is 9.47. The zero-order valence-electron chi connectivity index (χ0n) is 7.73. The van der Waals surface area contributed by atoms with Gasteiger partial charge in [0.1, 0.15) is 5.75 Å². The minimum absolute atomic E-state index is 0.135. The zero-order valence-corrected chi connectivity index (χ0v) is 8.48. The van der Waals surface area contributed by atoms with E-state index in [4.69, 9.17) is 16.3 Å². The molecule has 2 rings (SSSR count). The van der Waals surface area contributed by atoms with Gasteiger partial charge in [0.25, 0.3) is 0 Å². The third kappa shape index (κ3) is 1.52. The van der Waals surface area contributed by atoms with Crippen LogP contribution < -0.4 is 10.1 Å². The highest BCUT2D eigenvalue weighted by Crippen LogP contribution is 2.34. The fourth-order valence-electron chi connectivity index (χ4n) is 1.35. The standard InChI is InChI=1S/C10H12ClNO/c1-10(6-12-10)7-3-4-9(13-2)8(11)5-7/h3-5,12H,6H2,1-2H3. The molecule has 1 heterocycles. The van der Waals surface area contributed by atoms with Crippen LogP contribution in [0.2, 0.25) is 5.02 Å². The Morgan fingerprint density at radius 3 is 2.69 bits per heavy atom. The lowest BCUT2D eigenvalue weighted by Crippen LogP contribution is -2.06. The van der Waals surface area contributed by atoms with Crippen LogP contribution in [0.15, 0.2) is 18.2 Å². The van der Waals surface area contributed by atoms with Crippen molar-refractivity contribution in [3.8, 4) is 5.75 Å². The van der Waals surface area contributed by atoms with Crippen LogP contribution in [0.1, 0.15) is 12.5 Å². The molecule has 1 aliphatic heterocycles. The molecular formula is C10H12ClNO. The Hall–Kier alpha value is -0.730. The molecule has 1 aliphatic rings. The van der Waals surface area contributed by atoms with Gasteiger partial charge in [0.05, 0.1) is 17.7 Å². The number of benzene rings is 1. The molecular weight excluding hydrogens is 186 g/mol. The van der Waals surface area contributed by atoms with E-state index in [0.717, 1.165) is 12.3 Å². The Bertz CT molecular complexity index is 334. The van der Waals surface area contributed by atoms with Gasteiger partial charge in [-0.25, -0.2) is 0 Å². The first-order valence-electron chi connectivity index (χ1n) is 4.25. The summed E-state index contributed by atoms with van der Waals surface area (Å²) in [4.78, 5) is 0. The van der Waals surface area contributed by atoms with Gasteiger partial charge in [-0.15, -0.1) is 0 Å². The number of methoxy groups -OCH3 is 1. The van der Waals surface area contributed by atoms with Gasteiger partial charge < -0.3 is 10.1 Å². The second-order valence-electron chi connectivity index (χ2n) is 3.53. The molecule has 70 valence electrons. The van der Waals surface area contributed by atoms with Crippen LogP contribution in [-0.2, 0) is 5.54 Å². The van der Waals surface area contributed by atoms with E-state index in [9.17, 15) is 0 Å². The van der Waals surface area contributed by atoms with Gasteiger partial charge in [-0.05, 0) is 24.6 Å². The van der Waals surface area contributed by atoms with E-state index in [2.05, 4.69) is 12.2 Å². The highest BCUT2D eigenvalue weighted by atomic mass is 35.5. The summed E-state index contributed by atoms with van der Waals surface area (Å²) < 4.78 is 5.08. The molecule has 1 aromatic rings. The summed E-state index contributed by atoms with van der Waals surface area (Å²) in [5.41, 5.74) is 1.36. The van der Waals surface area contributed by atoms with E-state index in [-0.39, 0.29) is 5.54 Å². The van der Waals surface area contributed by atoms with Crippen molar-refractivity contribution in [1.29, 1.82) is 0 Å². The Morgan fingerprint density at radius 2 is 2.23 bits per heavy atom. The smallest absolute Gasteiger partial charge is 0.137 e. The first-order valence-corrected chi connectivity index (χ1v) is 4.62. The summed E-state index contributed by atoms with van der Waals surface area (Å²) >= 11 is 6.01. The first kappa shape index (κ1) is 8.85. The van der Waals surface area contributed by atoms with Crippen LogP contribution in [-0.4, -0.2) is 13.7 Å². The second-order valence-corrected chi connectivity index (χ2v) is 3.94. The van der Waals surface area contributed by atoms with Crippen molar-refractivity contribution in [3.05, 3.63) is 28.8 Å². The summed E-state index contributed by atoms with van der Waals surface area (Å²) in [6.45, 7) is 3.18. The lowest BCUT2D eigenvalue weighted by molar-refractivity contribution is 0.414. The number of halogens is 1. The van der Waals surface area contributed by atoms with E-state index in [1.807, 2.05) is 18.2 Å². The number of rotatable bonds is 2. The van der Waals surface area contributed by atoms with Crippen molar-refractivity contribution in [2.24, 2.45) is 0 Å². The summed E-state index contributed by atoms with van der Waals surface area (Å²) in [5.74, 6) is 0.731. The number of nitrogens with one attached hydrogen (secondary N) is 1. The molecule has 3 heteroatoms. The van der Waals surface area contributed by atoms with Crippen LogP contribution in [0.25, 0.3) is 0 Å². The molecule has 1 atom stereocenters. The van der Waals surface area contributed by atoms with Gasteiger partial charge in [-0.1, -0.05) is 17.7 Å². The lowest BCUT2D eigenvalue weighted by atomic mass is 10.0. The maximum atomic E-state index is 6.01. The van der Waals surface area contributed by atoms with Crippen LogP contribution in [0, 0.1) is 0 Å². The van der Waals surface area contributed by atoms with Gasteiger partial charge in [0.15, 0.2) is 0 Å². The van der Waals surface area contributed by atoms with Crippen LogP contribution >= 0.6 is 11.6 Å². The number of hydrogen-bond donors (Lipinski definition) is 1. The van der Waals surface area contributed by atoms with Gasteiger partial charge in [0.2, 0.25) is 0 Å². The fraction of sp³-hybridized carbons (Fsp3) is 0.400. The molecule has 0 bridgehead atoms. The molecule has 1 aromatic carbocycles. The summed E-state index contributed by atoms with van der Waals surface area (Å²) in [6, 6.07) is 5.91. The summed E-state index contributed by atoms with van der Waals surface area (Å²) in [5, 5.41) is 3.97. The van der Waals surface area contributed by atoms with E-state index in [0.29, 0.717) is 5.02 Å². The average molecular weight is 198 g/mol. The highest BCUT2D eigenvalue weighted by Gasteiger charge is 2.38. The molecule has 1 saturated heterocycles. The predicted octanol–water partition coefficient (Wildman–Crippen LogP) is 2.17. The highest BCUT2D eigenvalue weighted by molar-refractivity contribution is 6.32. The maximum Gasteiger partial charge on any atom is 0.137 e. The van der Waals surface area contributed by atoms with Crippen LogP contribution in [0.5, 0.6) is 5.75 Å². The minimum Gasteiger partial charge on any atom is -0.495 e. The molecule has 13 heavy (non-hydrogen) atoms. The largest absolute Gasteiger partial charge is 0.495 e. The van der Waals surface area contributed by atoms with Crippen molar-refractivity contribution >= 4 is 11.6 Å². The van der Waals surface area contributed by atoms with E-state index in [1.54, 1.807) is 7.11 Å². The number of hydrogen-bond acceptors (Lipinski definition) is 2. The van der Waals surface area contributed by atoms with Gasteiger partial charge >= 0.3 is 0 Å². The van der Waals surface area contributed by atoms with Crippen LogP contribution in [0.3, 0.4) is 0 Å². The summed E-state index contributed by atoms with van der Waals surface area (Å²) in [6.07, 6.45) is 0. The molecule has 1 N–H and O–H groups in total. The van der Waals surface area contributed by atoms with Gasteiger partial charge in [-0.3, -0.25) is 0 Å². The van der Waals surface area contributed by atoms with E-state index in [1.165, 1.54) is 5.56 Å². The van der Waals surface area contributed by atoms with Crippen LogP contribution in [0.4, 0.5) is 0 Å².